The summed E-state index contributed by atoms with van der Waals surface area (Å²) in [6.45, 7) is 5.78. The second kappa shape index (κ2) is 4.84. The maximum Gasteiger partial charge on any atom is 0.0305 e. The van der Waals surface area contributed by atoms with Crippen molar-refractivity contribution in [1.29, 1.82) is 0 Å². The van der Waals surface area contributed by atoms with Crippen molar-refractivity contribution in [2.75, 3.05) is 0 Å². The van der Waals surface area contributed by atoms with Crippen LogP contribution in [0.25, 0.3) is 0 Å². The predicted octanol–water partition coefficient (Wildman–Crippen LogP) is 4.75. The fourth-order valence-corrected chi connectivity index (χ4v) is 6.61. The van der Waals surface area contributed by atoms with Crippen LogP contribution in [0.15, 0.2) is 11.4 Å². The van der Waals surface area contributed by atoms with Gasteiger partial charge in [-0.1, -0.05) is 0 Å². The molecule has 20 heavy (non-hydrogen) atoms. The Balaban J connectivity index is 1.45. The van der Waals surface area contributed by atoms with Gasteiger partial charge in [-0.2, -0.15) is 0 Å². The first-order chi connectivity index (χ1) is 9.64. The smallest absolute Gasteiger partial charge is 0.0305 e. The van der Waals surface area contributed by atoms with Crippen molar-refractivity contribution in [3.8, 4) is 0 Å². The summed E-state index contributed by atoms with van der Waals surface area (Å²) >= 11 is 1.91. The quantitative estimate of drug-likeness (QED) is 0.843. The van der Waals surface area contributed by atoms with Crippen LogP contribution >= 0.6 is 11.3 Å². The zero-order valence-corrected chi connectivity index (χ0v) is 13.6. The van der Waals surface area contributed by atoms with Crippen LogP contribution in [-0.4, -0.2) is 6.04 Å². The Kier molecular flexibility index (Phi) is 3.23. The third kappa shape index (κ3) is 2.16. The summed E-state index contributed by atoms with van der Waals surface area (Å²) in [6, 6.07) is 2.94. The van der Waals surface area contributed by atoms with Crippen LogP contribution < -0.4 is 5.32 Å². The highest BCUT2D eigenvalue weighted by Crippen LogP contribution is 2.61. The molecule has 1 unspecified atom stereocenters. The van der Waals surface area contributed by atoms with Crippen LogP contribution in [0.3, 0.4) is 0 Å². The molecule has 4 aliphatic rings. The molecule has 0 spiro atoms. The standard InChI is InChI=1S/C18H27NS/c1-12-3-4-20-17(12)11-19-13(2)18-8-14-5-15(9-18)7-16(6-14)10-18/h3-4,13-16,19H,5-11H2,1-2H3. The number of aryl methyl sites for hydroxylation is 1. The minimum atomic E-state index is 0.639. The molecule has 0 aliphatic heterocycles. The third-order valence-corrected chi connectivity index (χ3v) is 7.56. The van der Waals surface area contributed by atoms with Gasteiger partial charge < -0.3 is 5.32 Å². The highest BCUT2D eigenvalue weighted by Gasteiger charge is 2.52. The summed E-state index contributed by atoms with van der Waals surface area (Å²) in [5, 5.41) is 6.12. The van der Waals surface area contributed by atoms with Crippen LogP contribution in [0.4, 0.5) is 0 Å². The molecular formula is C18H27NS. The van der Waals surface area contributed by atoms with Crippen molar-refractivity contribution in [3.05, 3.63) is 21.9 Å². The molecule has 110 valence electrons. The highest BCUT2D eigenvalue weighted by atomic mass is 32.1. The molecule has 5 rings (SSSR count). The van der Waals surface area contributed by atoms with Gasteiger partial charge in [0.05, 0.1) is 0 Å². The van der Waals surface area contributed by atoms with Gasteiger partial charge in [-0.3, -0.25) is 0 Å². The molecule has 1 heterocycles. The van der Waals surface area contributed by atoms with Crippen LogP contribution in [0, 0.1) is 30.1 Å². The molecular weight excluding hydrogens is 262 g/mol. The molecule has 1 N–H and O–H groups in total. The Morgan fingerprint density at radius 1 is 1.20 bits per heavy atom. The second-order valence-electron chi connectivity index (χ2n) is 7.91. The second-order valence-corrected chi connectivity index (χ2v) is 8.91. The van der Waals surface area contributed by atoms with E-state index in [0.717, 1.165) is 24.3 Å². The average molecular weight is 289 g/mol. The minimum absolute atomic E-state index is 0.639. The van der Waals surface area contributed by atoms with Crippen LogP contribution in [0.2, 0.25) is 0 Å². The van der Waals surface area contributed by atoms with E-state index in [9.17, 15) is 0 Å². The molecule has 0 radical (unpaired) electrons. The molecule has 0 amide bonds. The Bertz CT molecular complexity index is 454. The zero-order chi connectivity index (χ0) is 13.7. The Hall–Kier alpha value is -0.340. The van der Waals surface area contributed by atoms with E-state index in [0.29, 0.717) is 11.5 Å². The van der Waals surface area contributed by atoms with Crippen LogP contribution in [0.1, 0.15) is 55.9 Å². The van der Waals surface area contributed by atoms with Crippen molar-refractivity contribution >= 4 is 11.3 Å². The number of hydrogen-bond acceptors (Lipinski definition) is 2. The molecule has 0 aromatic carbocycles. The molecule has 4 fully saturated rings. The zero-order valence-electron chi connectivity index (χ0n) is 12.8. The summed E-state index contributed by atoms with van der Waals surface area (Å²) in [6.07, 6.45) is 9.19. The first-order valence-corrected chi connectivity index (χ1v) is 9.29. The summed E-state index contributed by atoms with van der Waals surface area (Å²) < 4.78 is 0. The molecule has 0 saturated heterocycles. The van der Waals surface area contributed by atoms with E-state index in [1.54, 1.807) is 19.3 Å². The van der Waals surface area contributed by atoms with E-state index in [-0.39, 0.29) is 0 Å². The van der Waals surface area contributed by atoms with Crippen molar-refractivity contribution < 1.29 is 0 Å². The summed E-state index contributed by atoms with van der Waals surface area (Å²) in [5.74, 6) is 3.19. The van der Waals surface area contributed by atoms with Gasteiger partial charge >= 0.3 is 0 Å². The predicted molar refractivity (Wildman–Crippen MR) is 86.0 cm³/mol. The fourth-order valence-electron chi connectivity index (χ4n) is 5.76. The van der Waals surface area contributed by atoms with Crippen LogP contribution in [0.5, 0.6) is 0 Å². The number of hydrogen-bond donors (Lipinski definition) is 1. The molecule has 4 saturated carbocycles. The molecule has 1 aromatic rings. The number of thiophene rings is 1. The first-order valence-electron chi connectivity index (χ1n) is 8.41. The SMILES string of the molecule is Cc1ccsc1CNC(C)C12CC3CC(CC(C3)C1)C2. The fraction of sp³-hybridized carbons (Fsp3) is 0.778. The van der Waals surface area contributed by atoms with Gasteiger partial charge in [0.25, 0.3) is 0 Å². The topological polar surface area (TPSA) is 12.0 Å². The van der Waals surface area contributed by atoms with Crippen molar-refractivity contribution in [3.63, 3.8) is 0 Å². The molecule has 1 nitrogen and oxygen atoms in total. The number of nitrogens with one attached hydrogen (secondary N) is 1. The Morgan fingerprint density at radius 2 is 1.80 bits per heavy atom. The molecule has 4 bridgehead atoms. The summed E-state index contributed by atoms with van der Waals surface area (Å²) in [4.78, 5) is 1.53. The Labute approximate surface area is 127 Å². The van der Waals surface area contributed by atoms with E-state index in [2.05, 4.69) is 30.6 Å². The normalized spacial score (nSPS) is 40.2. The van der Waals surface area contributed by atoms with E-state index >= 15 is 0 Å². The lowest BCUT2D eigenvalue weighted by Crippen LogP contribution is -2.54. The van der Waals surface area contributed by atoms with Gasteiger partial charge in [0.2, 0.25) is 0 Å². The molecule has 4 aliphatic carbocycles. The molecule has 2 heteroatoms. The summed E-state index contributed by atoms with van der Waals surface area (Å²) in [7, 11) is 0. The largest absolute Gasteiger partial charge is 0.309 e. The van der Waals surface area contributed by atoms with E-state index in [1.165, 1.54) is 29.7 Å². The maximum atomic E-state index is 3.89. The molecule has 1 aromatic heterocycles. The average Bonchev–Trinajstić information content (AvgIpc) is 2.80. The van der Waals surface area contributed by atoms with Gasteiger partial charge in [-0.15, -0.1) is 11.3 Å². The lowest BCUT2D eigenvalue weighted by molar-refractivity contribution is -0.0706. The first kappa shape index (κ1) is 13.3. The minimum Gasteiger partial charge on any atom is -0.309 e. The Morgan fingerprint density at radius 3 is 2.30 bits per heavy atom. The van der Waals surface area contributed by atoms with Gasteiger partial charge in [0.15, 0.2) is 0 Å². The number of rotatable bonds is 4. The summed E-state index contributed by atoms with van der Waals surface area (Å²) in [5.41, 5.74) is 2.10. The third-order valence-electron chi connectivity index (χ3n) is 6.54. The van der Waals surface area contributed by atoms with Crippen molar-refractivity contribution in [1.82, 2.24) is 5.32 Å². The van der Waals surface area contributed by atoms with Crippen LogP contribution in [-0.2, 0) is 6.54 Å². The van der Waals surface area contributed by atoms with Gasteiger partial charge in [0.1, 0.15) is 0 Å². The van der Waals surface area contributed by atoms with Gasteiger partial charge in [-0.25, -0.2) is 0 Å². The molecule has 1 atom stereocenters. The van der Waals surface area contributed by atoms with E-state index in [4.69, 9.17) is 0 Å². The monoisotopic (exact) mass is 289 g/mol. The lowest BCUT2D eigenvalue weighted by Gasteiger charge is -2.59. The van der Waals surface area contributed by atoms with Crippen molar-refractivity contribution in [2.45, 2.75) is 65.0 Å². The lowest BCUT2D eigenvalue weighted by atomic mass is 9.48. The van der Waals surface area contributed by atoms with E-state index in [1.807, 2.05) is 11.3 Å². The van der Waals surface area contributed by atoms with Gasteiger partial charge in [-0.05, 0) is 92.6 Å². The van der Waals surface area contributed by atoms with Gasteiger partial charge in [0, 0.05) is 17.5 Å². The van der Waals surface area contributed by atoms with Crippen molar-refractivity contribution in [2.24, 2.45) is 23.2 Å². The van der Waals surface area contributed by atoms with E-state index < -0.39 is 0 Å². The maximum absolute atomic E-state index is 3.89. The highest BCUT2D eigenvalue weighted by molar-refractivity contribution is 7.10.